The second-order valence-corrected chi connectivity index (χ2v) is 8.10. The number of ether oxygens (including phenoxy) is 1. The molecule has 0 radical (unpaired) electrons. The van der Waals surface area contributed by atoms with Crippen molar-refractivity contribution in [3.05, 3.63) is 107 Å². The summed E-state index contributed by atoms with van der Waals surface area (Å²) in [6, 6.07) is 23.8. The van der Waals surface area contributed by atoms with E-state index in [2.05, 4.69) is 0 Å². The Hall–Kier alpha value is -4.30. The Kier molecular flexibility index (Phi) is 7.46. The number of rotatable bonds is 10. The molecule has 0 aliphatic rings. The predicted octanol–water partition coefficient (Wildman–Crippen LogP) is 3.40. The van der Waals surface area contributed by atoms with Crippen LogP contribution in [-0.4, -0.2) is 44.6 Å². The summed E-state index contributed by atoms with van der Waals surface area (Å²) in [5, 5.41) is 28.9. The number of carbonyl (C=O) groups is 4. The first-order chi connectivity index (χ1) is 16.6. The lowest BCUT2D eigenvalue weighted by Gasteiger charge is -2.36. The fraction of sp³-hybridized carbons (Fsp3) is 0.185. The second-order valence-electron chi connectivity index (χ2n) is 8.10. The molecular formula is C27H24O8. The maximum atomic E-state index is 13.2. The first-order valence-corrected chi connectivity index (χ1v) is 10.7. The molecule has 0 fully saturated rings. The Morgan fingerprint density at radius 3 is 1.57 bits per heavy atom. The highest BCUT2D eigenvalue weighted by Gasteiger charge is 2.45. The van der Waals surface area contributed by atoms with Gasteiger partial charge in [0.2, 0.25) is 0 Å². The van der Waals surface area contributed by atoms with Gasteiger partial charge in [-0.2, -0.15) is 0 Å². The van der Waals surface area contributed by atoms with E-state index in [0.29, 0.717) is 22.3 Å². The lowest BCUT2D eigenvalue weighted by atomic mass is 9.79. The molecule has 3 N–H and O–H groups in total. The van der Waals surface area contributed by atoms with Crippen molar-refractivity contribution >= 4 is 23.7 Å². The number of ketones is 1. The standard InChI is InChI=1S/C27H24O8/c1-18(28)19-12-14-22(15-13-19)27(20-8-4-2-5-9-20,21-10-6-3-7-11-21)35-24(31)17-26(34,25(32)33)16-23(29)30/h2-15,34H,16-17H2,1H3,(H,29,30)(H,32,33). The lowest BCUT2D eigenvalue weighted by Crippen LogP contribution is -2.45. The summed E-state index contributed by atoms with van der Waals surface area (Å²) < 4.78 is 5.98. The van der Waals surface area contributed by atoms with E-state index in [4.69, 9.17) is 9.84 Å². The van der Waals surface area contributed by atoms with Gasteiger partial charge in [0.05, 0.1) is 12.8 Å². The van der Waals surface area contributed by atoms with Crippen LogP contribution < -0.4 is 0 Å². The normalized spacial score (nSPS) is 12.9. The van der Waals surface area contributed by atoms with Crippen LogP contribution in [0.1, 0.15) is 46.8 Å². The molecule has 0 bridgehead atoms. The molecule has 0 amide bonds. The Morgan fingerprint density at radius 1 is 0.714 bits per heavy atom. The topological polar surface area (TPSA) is 138 Å². The number of carboxylic acids is 2. The van der Waals surface area contributed by atoms with Crippen molar-refractivity contribution in [3.8, 4) is 0 Å². The van der Waals surface area contributed by atoms with Crippen LogP contribution in [0.5, 0.6) is 0 Å². The van der Waals surface area contributed by atoms with Gasteiger partial charge in [0.1, 0.15) is 0 Å². The number of aliphatic hydroxyl groups is 1. The van der Waals surface area contributed by atoms with Crippen LogP contribution >= 0.6 is 0 Å². The molecule has 1 atom stereocenters. The van der Waals surface area contributed by atoms with Gasteiger partial charge in [0.15, 0.2) is 17.0 Å². The van der Waals surface area contributed by atoms with Crippen molar-refractivity contribution in [3.63, 3.8) is 0 Å². The average Bonchev–Trinajstić information content (AvgIpc) is 2.83. The van der Waals surface area contributed by atoms with Gasteiger partial charge in [0.25, 0.3) is 0 Å². The van der Waals surface area contributed by atoms with Crippen LogP contribution in [-0.2, 0) is 24.7 Å². The highest BCUT2D eigenvalue weighted by Crippen LogP contribution is 2.41. The molecule has 8 nitrogen and oxygen atoms in total. The molecule has 0 saturated carbocycles. The van der Waals surface area contributed by atoms with Gasteiger partial charge < -0.3 is 20.1 Å². The smallest absolute Gasteiger partial charge is 0.336 e. The largest absolute Gasteiger partial charge is 0.481 e. The minimum absolute atomic E-state index is 0.154. The van der Waals surface area contributed by atoms with E-state index in [1.54, 1.807) is 84.9 Å². The molecule has 3 aromatic carbocycles. The van der Waals surface area contributed by atoms with E-state index in [1.807, 2.05) is 0 Å². The van der Waals surface area contributed by atoms with Crippen LogP contribution in [0.15, 0.2) is 84.9 Å². The van der Waals surface area contributed by atoms with E-state index >= 15 is 0 Å². The summed E-state index contributed by atoms with van der Waals surface area (Å²) in [6.07, 6.45) is -2.28. The molecule has 0 aliphatic carbocycles. The van der Waals surface area contributed by atoms with Gasteiger partial charge in [-0.15, -0.1) is 0 Å². The lowest BCUT2D eigenvalue weighted by molar-refractivity contribution is -0.175. The monoisotopic (exact) mass is 476 g/mol. The minimum Gasteiger partial charge on any atom is -0.481 e. The van der Waals surface area contributed by atoms with Crippen molar-refractivity contribution in [2.24, 2.45) is 0 Å². The SMILES string of the molecule is CC(=O)c1ccc(C(OC(=O)CC(O)(CC(=O)O)C(=O)O)(c2ccccc2)c2ccccc2)cc1. The maximum Gasteiger partial charge on any atom is 0.336 e. The third-order valence-corrected chi connectivity index (χ3v) is 5.60. The van der Waals surface area contributed by atoms with Gasteiger partial charge in [-0.3, -0.25) is 14.4 Å². The summed E-state index contributed by atoms with van der Waals surface area (Å²) in [5.41, 5.74) is -2.50. The molecule has 8 heteroatoms. The van der Waals surface area contributed by atoms with Crippen LogP contribution in [0.4, 0.5) is 0 Å². The van der Waals surface area contributed by atoms with Crippen LogP contribution in [0.2, 0.25) is 0 Å². The molecule has 0 spiro atoms. The zero-order valence-corrected chi connectivity index (χ0v) is 18.9. The maximum absolute atomic E-state index is 13.2. The van der Waals surface area contributed by atoms with Crippen molar-refractivity contribution in [1.29, 1.82) is 0 Å². The molecule has 0 aliphatic heterocycles. The number of Topliss-reactive ketones (excluding diaryl/α,β-unsaturated/α-hetero) is 1. The van der Waals surface area contributed by atoms with Crippen LogP contribution in [0.25, 0.3) is 0 Å². The molecule has 3 rings (SSSR count). The van der Waals surface area contributed by atoms with Gasteiger partial charge in [-0.25, -0.2) is 4.79 Å². The molecule has 0 heterocycles. The number of hydrogen-bond donors (Lipinski definition) is 3. The second kappa shape index (κ2) is 10.3. The highest BCUT2D eigenvalue weighted by molar-refractivity contribution is 5.94. The van der Waals surface area contributed by atoms with Gasteiger partial charge in [0, 0.05) is 22.3 Å². The third-order valence-electron chi connectivity index (χ3n) is 5.60. The first-order valence-electron chi connectivity index (χ1n) is 10.7. The minimum atomic E-state index is -2.86. The molecule has 35 heavy (non-hydrogen) atoms. The molecule has 1 unspecified atom stereocenters. The quantitative estimate of drug-likeness (QED) is 0.230. The zero-order chi connectivity index (χ0) is 25.6. The molecular weight excluding hydrogens is 452 g/mol. The van der Waals surface area contributed by atoms with Crippen molar-refractivity contribution in [1.82, 2.24) is 0 Å². The van der Waals surface area contributed by atoms with E-state index in [1.165, 1.54) is 6.92 Å². The molecule has 0 saturated heterocycles. The van der Waals surface area contributed by atoms with E-state index in [0.717, 1.165) is 0 Å². The summed E-state index contributed by atoms with van der Waals surface area (Å²) in [4.78, 5) is 47.7. The number of hydrogen-bond acceptors (Lipinski definition) is 6. The number of aliphatic carboxylic acids is 2. The van der Waals surface area contributed by atoms with Crippen LogP contribution in [0.3, 0.4) is 0 Å². The summed E-state index contributed by atoms with van der Waals surface area (Å²) >= 11 is 0. The molecule has 0 aromatic heterocycles. The first kappa shape index (κ1) is 25.3. The van der Waals surface area contributed by atoms with E-state index in [9.17, 15) is 29.4 Å². The van der Waals surface area contributed by atoms with Crippen molar-refractivity contribution in [2.75, 3.05) is 0 Å². The summed E-state index contributed by atoms with van der Waals surface area (Å²) in [6.45, 7) is 1.42. The van der Waals surface area contributed by atoms with Crippen molar-refractivity contribution < 1.29 is 39.2 Å². The van der Waals surface area contributed by atoms with E-state index < -0.39 is 42.0 Å². The fourth-order valence-electron chi connectivity index (χ4n) is 3.87. The number of carbonyl (C=O) groups excluding carboxylic acids is 2. The van der Waals surface area contributed by atoms with E-state index in [-0.39, 0.29) is 5.78 Å². The number of esters is 1. The average molecular weight is 476 g/mol. The number of carboxylic acid groups (broad SMARTS) is 2. The Balaban J connectivity index is 2.19. The highest BCUT2D eigenvalue weighted by atomic mass is 16.6. The zero-order valence-electron chi connectivity index (χ0n) is 18.9. The molecule has 180 valence electrons. The third kappa shape index (κ3) is 5.44. The summed E-state index contributed by atoms with van der Waals surface area (Å²) in [5.74, 6) is -4.72. The van der Waals surface area contributed by atoms with Crippen molar-refractivity contribution in [2.45, 2.75) is 31.0 Å². The Labute approximate surface area is 201 Å². The van der Waals surface area contributed by atoms with Gasteiger partial charge in [-0.1, -0.05) is 84.9 Å². The fourth-order valence-corrected chi connectivity index (χ4v) is 3.87. The van der Waals surface area contributed by atoms with Crippen LogP contribution in [0, 0.1) is 0 Å². The Bertz CT molecular complexity index is 1180. The molecule has 3 aromatic rings. The van der Waals surface area contributed by atoms with Gasteiger partial charge in [-0.05, 0) is 6.92 Å². The Morgan fingerprint density at radius 2 is 1.17 bits per heavy atom. The number of benzene rings is 3. The predicted molar refractivity (Wildman–Crippen MR) is 125 cm³/mol. The van der Waals surface area contributed by atoms with Gasteiger partial charge >= 0.3 is 17.9 Å². The summed E-state index contributed by atoms with van der Waals surface area (Å²) in [7, 11) is 0.